The highest BCUT2D eigenvalue weighted by molar-refractivity contribution is 5.43. The highest BCUT2D eigenvalue weighted by Crippen LogP contribution is 2.40. The fourth-order valence-electron chi connectivity index (χ4n) is 2.94. The van der Waals surface area contributed by atoms with Crippen LogP contribution in [0.4, 0.5) is 0 Å². The number of fused-ring (bicyclic) bond motifs is 1. The lowest BCUT2D eigenvalue weighted by molar-refractivity contribution is 0.0616. The van der Waals surface area contributed by atoms with Crippen LogP contribution < -0.4 is 0 Å². The van der Waals surface area contributed by atoms with Gasteiger partial charge in [0.05, 0.1) is 0 Å². The molecule has 0 bridgehead atoms. The van der Waals surface area contributed by atoms with Gasteiger partial charge in [-0.2, -0.15) is 0 Å². The normalized spacial score (nSPS) is 22.6. The van der Waals surface area contributed by atoms with Crippen molar-refractivity contribution in [2.45, 2.75) is 31.8 Å². The number of aryl methyl sites for hydroxylation is 2. The predicted molar refractivity (Wildman–Crippen MR) is 73.6 cm³/mol. The van der Waals surface area contributed by atoms with Crippen molar-refractivity contribution in [1.82, 2.24) is 0 Å². The lowest BCUT2D eigenvalue weighted by atomic mass is 9.75. The van der Waals surface area contributed by atoms with Crippen molar-refractivity contribution in [3.63, 3.8) is 0 Å². The Labute approximate surface area is 108 Å². The van der Waals surface area contributed by atoms with Crippen LogP contribution in [0.2, 0.25) is 0 Å². The second kappa shape index (κ2) is 4.25. The second-order valence-electron chi connectivity index (χ2n) is 5.24. The zero-order valence-corrected chi connectivity index (χ0v) is 10.7. The number of benzene rings is 2. The summed E-state index contributed by atoms with van der Waals surface area (Å²) >= 11 is 0. The van der Waals surface area contributed by atoms with Gasteiger partial charge in [-0.25, -0.2) is 0 Å². The Bertz CT molecular complexity index is 556. The van der Waals surface area contributed by atoms with E-state index in [1.54, 1.807) is 0 Å². The molecule has 0 heterocycles. The van der Waals surface area contributed by atoms with E-state index in [0.717, 1.165) is 30.4 Å². The fourth-order valence-corrected chi connectivity index (χ4v) is 2.94. The first-order valence-corrected chi connectivity index (χ1v) is 6.58. The van der Waals surface area contributed by atoms with Crippen molar-refractivity contribution in [3.8, 4) is 0 Å². The first-order chi connectivity index (χ1) is 8.70. The zero-order chi connectivity index (χ0) is 12.6. The molecule has 1 aliphatic carbocycles. The van der Waals surface area contributed by atoms with E-state index in [2.05, 4.69) is 49.4 Å². The standard InChI is InChI=1S/C17H18O/c1-13-8-10-15(11-9-13)17(18)12-4-6-14-5-2-3-7-16(14)17/h2-3,5,7-11,18H,4,6,12H2,1H3. The maximum Gasteiger partial charge on any atom is 0.115 e. The number of aliphatic hydroxyl groups is 1. The molecule has 0 amide bonds. The van der Waals surface area contributed by atoms with E-state index in [4.69, 9.17) is 0 Å². The van der Waals surface area contributed by atoms with Crippen molar-refractivity contribution in [2.75, 3.05) is 0 Å². The summed E-state index contributed by atoms with van der Waals surface area (Å²) in [5, 5.41) is 11.1. The number of hydrogen-bond acceptors (Lipinski definition) is 1. The molecule has 2 aromatic carbocycles. The number of rotatable bonds is 1. The molecule has 0 saturated heterocycles. The van der Waals surface area contributed by atoms with E-state index in [1.165, 1.54) is 11.1 Å². The van der Waals surface area contributed by atoms with Gasteiger partial charge in [0.1, 0.15) is 5.60 Å². The van der Waals surface area contributed by atoms with Gasteiger partial charge in [0.15, 0.2) is 0 Å². The van der Waals surface area contributed by atoms with Crippen LogP contribution in [-0.4, -0.2) is 5.11 Å². The molecule has 92 valence electrons. The summed E-state index contributed by atoms with van der Waals surface area (Å²) in [6, 6.07) is 16.5. The van der Waals surface area contributed by atoms with Gasteiger partial charge in [-0.15, -0.1) is 0 Å². The smallest absolute Gasteiger partial charge is 0.115 e. The SMILES string of the molecule is Cc1ccc(C2(O)CCCc3ccccc32)cc1. The molecule has 1 N–H and O–H groups in total. The molecular weight excluding hydrogens is 220 g/mol. The summed E-state index contributed by atoms with van der Waals surface area (Å²) in [6.07, 6.45) is 2.93. The van der Waals surface area contributed by atoms with E-state index in [1.807, 2.05) is 6.07 Å². The molecule has 0 saturated carbocycles. The minimum Gasteiger partial charge on any atom is -0.380 e. The van der Waals surface area contributed by atoms with E-state index in [9.17, 15) is 5.11 Å². The fraction of sp³-hybridized carbons (Fsp3) is 0.294. The van der Waals surface area contributed by atoms with E-state index < -0.39 is 5.60 Å². The first kappa shape index (κ1) is 11.5. The predicted octanol–water partition coefficient (Wildman–Crippen LogP) is 3.57. The lowest BCUT2D eigenvalue weighted by Gasteiger charge is -2.35. The van der Waals surface area contributed by atoms with E-state index >= 15 is 0 Å². The van der Waals surface area contributed by atoms with Crippen molar-refractivity contribution in [2.24, 2.45) is 0 Å². The molecule has 3 rings (SSSR count). The van der Waals surface area contributed by atoms with Gasteiger partial charge >= 0.3 is 0 Å². The molecule has 0 spiro atoms. The molecule has 0 radical (unpaired) electrons. The van der Waals surface area contributed by atoms with Crippen LogP contribution in [0.5, 0.6) is 0 Å². The Kier molecular flexibility index (Phi) is 2.71. The molecule has 2 aromatic rings. The second-order valence-corrected chi connectivity index (χ2v) is 5.24. The summed E-state index contributed by atoms with van der Waals surface area (Å²) in [5.41, 5.74) is 3.81. The third kappa shape index (κ3) is 1.75. The van der Waals surface area contributed by atoms with E-state index in [0.29, 0.717) is 0 Å². The zero-order valence-electron chi connectivity index (χ0n) is 10.7. The Hall–Kier alpha value is -1.60. The molecule has 0 aromatic heterocycles. The van der Waals surface area contributed by atoms with Gasteiger partial charge in [0.2, 0.25) is 0 Å². The molecule has 1 unspecified atom stereocenters. The Balaban J connectivity index is 2.13. The van der Waals surface area contributed by atoms with E-state index in [-0.39, 0.29) is 0 Å². The molecular formula is C17H18O. The van der Waals surface area contributed by atoms with Crippen LogP contribution in [0.3, 0.4) is 0 Å². The van der Waals surface area contributed by atoms with Crippen LogP contribution in [0, 0.1) is 6.92 Å². The third-order valence-electron chi connectivity index (χ3n) is 3.98. The Morgan fingerprint density at radius 1 is 1.00 bits per heavy atom. The van der Waals surface area contributed by atoms with Gasteiger partial charge in [0, 0.05) is 0 Å². The van der Waals surface area contributed by atoms with Crippen LogP contribution in [0.1, 0.15) is 35.1 Å². The molecule has 0 fully saturated rings. The van der Waals surface area contributed by atoms with Crippen molar-refractivity contribution < 1.29 is 5.11 Å². The molecule has 1 nitrogen and oxygen atoms in total. The lowest BCUT2D eigenvalue weighted by Crippen LogP contribution is -2.31. The van der Waals surface area contributed by atoms with Crippen molar-refractivity contribution >= 4 is 0 Å². The summed E-state index contributed by atoms with van der Waals surface area (Å²) in [5.74, 6) is 0. The van der Waals surface area contributed by atoms with Gasteiger partial charge in [0.25, 0.3) is 0 Å². The van der Waals surface area contributed by atoms with Gasteiger partial charge in [-0.3, -0.25) is 0 Å². The van der Waals surface area contributed by atoms with Gasteiger partial charge < -0.3 is 5.11 Å². The van der Waals surface area contributed by atoms with Crippen LogP contribution >= 0.6 is 0 Å². The monoisotopic (exact) mass is 238 g/mol. The number of hydrogen-bond donors (Lipinski definition) is 1. The van der Waals surface area contributed by atoms with Crippen molar-refractivity contribution in [1.29, 1.82) is 0 Å². The molecule has 1 heteroatoms. The minimum atomic E-state index is -0.803. The van der Waals surface area contributed by atoms with Gasteiger partial charge in [-0.1, -0.05) is 54.1 Å². The summed E-state index contributed by atoms with van der Waals surface area (Å²) in [7, 11) is 0. The quantitative estimate of drug-likeness (QED) is 0.805. The third-order valence-corrected chi connectivity index (χ3v) is 3.98. The molecule has 0 aliphatic heterocycles. The highest BCUT2D eigenvalue weighted by atomic mass is 16.3. The first-order valence-electron chi connectivity index (χ1n) is 6.58. The molecule has 1 aliphatic rings. The topological polar surface area (TPSA) is 20.2 Å². The average Bonchev–Trinajstić information content (AvgIpc) is 2.40. The highest BCUT2D eigenvalue weighted by Gasteiger charge is 2.35. The minimum absolute atomic E-state index is 0.803. The summed E-state index contributed by atoms with van der Waals surface area (Å²) in [4.78, 5) is 0. The Morgan fingerprint density at radius 3 is 2.50 bits per heavy atom. The summed E-state index contributed by atoms with van der Waals surface area (Å²) in [6.45, 7) is 2.07. The maximum atomic E-state index is 11.1. The average molecular weight is 238 g/mol. The van der Waals surface area contributed by atoms with Crippen LogP contribution in [-0.2, 0) is 12.0 Å². The van der Waals surface area contributed by atoms with Crippen LogP contribution in [0.15, 0.2) is 48.5 Å². The largest absolute Gasteiger partial charge is 0.380 e. The maximum absolute atomic E-state index is 11.1. The summed E-state index contributed by atoms with van der Waals surface area (Å²) < 4.78 is 0. The van der Waals surface area contributed by atoms with Crippen molar-refractivity contribution in [3.05, 3.63) is 70.8 Å². The Morgan fingerprint density at radius 2 is 1.72 bits per heavy atom. The van der Waals surface area contributed by atoms with Crippen LogP contribution in [0.25, 0.3) is 0 Å². The molecule has 1 atom stereocenters. The molecule has 18 heavy (non-hydrogen) atoms. The van der Waals surface area contributed by atoms with Gasteiger partial charge in [-0.05, 0) is 42.9 Å².